The third kappa shape index (κ3) is 4.59. The molecule has 7 heteroatoms. The van der Waals surface area contributed by atoms with E-state index in [9.17, 15) is 8.42 Å². The molecule has 0 aromatic carbocycles. The van der Waals surface area contributed by atoms with Crippen LogP contribution >= 0.6 is 0 Å². The topological polar surface area (TPSA) is 86.3 Å². The maximum atomic E-state index is 12.3. The average molecular weight is 303 g/mol. The van der Waals surface area contributed by atoms with Crippen molar-refractivity contribution in [3.05, 3.63) is 18.0 Å². The van der Waals surface area contributed by atoms with Crippen LogP contribution in [0.5, 0.6) is 0 Å². The minimum Gasteiger partial charge on any atom is -0.380 e. The molecule has 1 unspecified atom stereocenters. The Labute approximate surface area is 121 Å². The Morgan fingerprint density at radius 2 is 2.15 bits per heavy atom. The number of nitrogens with zero attached hydrogens (tertiary/aromatic N) is 1. The Morgan fingerprint density at radius 1 is 1.45 bits per heavy atom. The SMILES string of the molecule is CCCn1cc(S(=O)(=O)NC(C)COCC)cc1CN. The van der Waals surface area contributed by atoms with Crippen LogP contribution in [-0.4, -0.2) is 32.2 Å². The molecule has 0 fully saturated rings. The van der Waals surface area contributed by atoms with Crippen molar-refractivity contribution < 1.29 is 13.2 Å². The van der Waals surface area contributed by atoms with Crippen LogP contribution in [0.4, 0.5) is 0 Å². The van der Waals surface area contributed by atoms with Gasteiger partial charge in [-0.1, -0.05) is 6.92 Å². The molecule has 3 N–H and O–H groups in total. The lowest BCUT2D eigenvalue weighted by Crippen LogP contribution is -2.35. The largest absolute Gasteiger partial charge is 0.380 e. The van der Waals surface area contributed by atoms with Crippen molar-refractivity contribution in [1.82, 2.24) is 9.29 Å². The van der Waals surface area contributed by atoms with Crippen LogP contribution in [0.15, 0.2) is 17.2 Å². The molecule has 0 saturated carbocycles. The molecule has 20 heavy (non-hydrogen) atoms. The van der Waals surface area contributed by atoms with Crippen molar-refractivity contribution in [2.75, 3.05) is 13.2 Å². The smallest absolute Gasteiger partial charge is 0.242 e. The van der Waals surface area contributed by atoms with E-state index in [0.717, 1.165) is 18.7 Å². The van der Waals surface area contributed by atoms with Crippen molar-refractivity contribution in [1.29, 1.82) is 0 Å². The summed E-state index contributed by atoms with van der Waals surface area (Å²) in [4.78, 5) is 0.259. The summed E-state index contributed by atoms with van der Waals surface area (Å²) in [5.74, 6) is 0. The maximum absolute atomic E-state index is 12.3. The van der Waals surface area contributed by atoms with E-state index in [4.69, 9.17) is 10.5 Å². The molecular weight excluding hydrogens is 278 g/mol. The fourth-order valence-corrected chi connectivity index (χ4v) is 3.25. The average Bonchev–Trinajstić information content (AvgIpc) is 2.80. The summed E-state index contributed by atoms with van der Waals surface area (Å²) in [5, 5.41) is 0. The number of sulfonamides is 1. The van der Waals surface area contributed by atoms with E-state index in [0.29, 0.717) is 19.8 Å². The summed E-state index contributed by atoms with van der Waals surface area (Å²) < 4.78 is 34.3. The molecule has 0 aliphatic rings. The molecule has 0 saturated heterocycles. The molecule has 0 amide bonds. The van der Waals surface area contributed by atoms with Crippen molar-refractivity contribution in [3.63, 3.8) is 0 Å². The first-order chi connectivity index (χ1) is 9.44. The zero-order chi connectivity index (χ0) is 15.2. The second-order valence-electron chi connectivity index (χ2n) is 4.75. The van der Waals surface area contributed by atoms with Crippen LogP contribution in [0, 0.1) is 0 Å². The van der Waals surface area contributed by atoms with E-state index in [-0.39, 0.29) is 10.9 Å². The highest BCUT2D eigenvalue weighted by Crippen LogP contribution is 2.15. The normalized spacial score (nSPS) is 13.6. The number of nitrogens with two attached hydrogens (primary N) is 1. The number of nitrogens with one attached hydrogen (secondary N) is 1. The van der Waals surface area contributed by atoms with Gasteiger partial charge in [-0.3, -0.25) is 0 Å². The number of rotatable bonds is 9. The molecule has 0 spiro atoms. The Morgan fingerprint density at radius 3 is 2.70 bits per heavy atom. The zero-order valence-electron chi connectivity index (χ0n) is 12.4. The van der Waals surface area contributed by atoms with Crippen LogP contribution in [0.25, 0.3) is 0 Å². The van der Waals surface area contributed by atoms with Crippen LogP contribution < -0.4 is 10.5 Å². The van der Waals surface area contributed by atoms with Gasteiger partial charge in [0.25, 0.3) is 0 Å². The lowest BCUT2D eigenvalue weighted by molar-refractivity contribution is 0.133. The molecular formula is C13H25N3O3S. The van der Waals surface area contributed by atoms with Crippen LogP contribution in [0.1, 0.15) is 32.9 Å². The van der Waals surface area contributed by atoms with E-state index in [1.165, 1.54) is 0 Å². The van der Waals surface area contributed by atoms with E-state index in [2.05, 4.69) is 4.72 Å². The molecule has 1 aromatic heterocycles. The van der Waals surface area contributed by atoms with Crippen molar-refractivity contribution in [2.24, 2.45) is 5.73 Å². The molecule has 116 valence electrons. The predicted molar refractivity (Wildman–Crippen MR) is 78.9 cm³/mol. The van der Waals surface area contributed by atoms with E-state index in [1.807, 2.05) is 18.4 Å². The van der Waals surface area contributed by atoms with Gasteiger partial charge in [-0.25, -0.2) is 13.1 Å². The summed E-state index contributed by atoms with van der Waals surface area (Å²) in [6.07, 6.45) is 2.57. The van der Waals surface area contributed by atoms with Gasteiger partial charge in [0.15, 0.2) is 0 Å². The molecule has 0 bridgehead atoms. The summed E-state index contributed by atoms with van der Waals surface area (Å²) in [6.45, 7) is 7.70. The standard InChI is InChI=1S/C13H25N3O3S/c1-4-6-16-9-13(7-12(16)8-14)20(17,18)15-11(3)10-19-5-2/h7,9,11,15H,4-6,8,10,14H2,1-3H3. The van der Waals surface area contributed by atoms with E-state index >= 15 is 0 Å². The highest BCUT2D eigenvalue weighted by atomic mass is 32.2. The van der Waals surface area contributed by atoms with Crippen molar-refractivity contribution in [3.8, 4) is 0 Å². The Hall–Kier alpha value is -0.890. The van der Waals surface area contributed by atoms with Gasteiger partial charge in [0.2, 0.25) is 10.0 Å². The summed E-state index contributed by atoms with van der Waals surface area (Å²) >= 11 is 0. The summed E-state index contributed by atoms with van der Waals surface area (Å²) in [6, 6.07) is 1.36. The number of ether oxygens (including phenoxy) is 1. The molecule has 0 aliphatic carbocycles. The van der Waals surface area contributed by atoms with Gasteiger partial charge >= 0.3 is 0 Å². The second-order valence-corrected chi connectivity index (χ2v) is 6.46. The van der Waals surface area contributed by atoms with Gasteiger partial charge in [0.1, 0.15) is 0 Å². The maximum Gasteiger partial charge on any atom is 0.242 e. The highest BCUT2D eigenvalue weighted by molar-refractivity contribution is 7.89. The lowest BCUT2D eigenvalue weighted by atomic mass is 10.4. The van der Waals surface area contributed by atoms with Gasteiger partial charge in [-0.2, -0.15) is 0 Å². The minimum absolute atomic E-state index is 0.259. The molecule has 6 nitrogen and oxygen atoms in total. The summed E-state index contributed by atoms with van der Waals surface area (Å²) in [5.41, 5.74) is 6.47. The summed E-state index contributed by atoms with van der Waals surface area (Å²) in [7, 11) is -3.53. The van der Waals surface area contributed by atoms with Gasteiger partial charge in [-0.05, 0) is 26.3 Å². The van der Waals surface area contributed by atoms with Gasteiger partial charge < -0.3 is 15.0 Å². The van der Waals surface area contributed by atoms with Crippen molar-refractivity contribution >= 4 is 10.0 Å². The van der Waals surface area contributed by atoms with Gasteiger partial charge in [0.05, 0.1) is 11.5 Å². The van der Waals surface area contributed by atoms with Gasteiger partial charge in [0, 0.05) is 37.6 Å². The molecule has 0 radical (unpaired) electrons. The first-order valence-corrected chi connectivity index (χ1v) is 8.42. The minimum atomic E-state index is -3.53. The van der Waals surface area contributed by atoms with Crippen LogP contribution in [0.3, 0.4) is 0 Å². The van der Waals surface area contributed by atoms with Crippen molar-refractivity contribution in [2.45, 2.75) is 51.2 Å². The fraction of sp³-hybridized carbons (Fsp3) is 0.692. The van der Waals surface area contributed by atoms with Crippen LogP contribution in [0.2, 0.25) is 0 Å². The zero-order valence-corrected chi connectivity index (χ0v) is 13.2. The molecule has 1 rings (SSSR count). The van der Waals surface area contributed by atoms with Crippen LogP contribution in [-0.2, 0) is 27.8 Å². The molecule has 0 aliphatic heterocycles. The van der Waals surface area contributed by atoms with E-state index in [1.54, 1.807) is 19.2 Å². The number of aryl methyl sites for hydroxylation is 1. The molecule has 1 atom stereocenters. The Balaban J connectivity index is 2.86. The number of aromatic nitrogens is 1. The first-order valence-electron chi connectivity index (χ1n) is 6.93. The highest BCUT2D eigenvalue weighted by Gasteiger charge is 2.20. The fourth-order valence-electron chi connectivity index (χ4n) is 1.95. The second kappa shape index (κ2) is 7.78. The number of hydrogen-bond acceptors (Lipinski definition) is 4. The molecule has 1 aromatic rings. The third-order valence-corrected chi connectivity index (χ3v) is 4.43. The van der Waals surface area contributed by atoms with Gasteiger partial charge in [-0.15, -0.1) is 0 Å². The third-order valence-electron chi connectivity index (χ3n) is 2.87. The lowest BCUT2D eigenvalue weighted by Gasteiger charge is -2.13. The Bertz CT molecular complexity index is 511. The predicted octanol–water partition coefficient (Wildman–Crippen LogP) is 1.06. The molecule has 1 heterocycles. The monoisotopic (exact) mass is 303 g/mol. The number of hydrogen-bond donors (Lipinski definition) is 2. The van der Waals surface area contributed by atoms with E-state index < -0.39 is 10.0 Å². The quantitative estimate of drug-likeness (QED) is 0.714. The first kappa shape index (κ1) is 17.2. The Kier molecular flexibility index (Phi) is 6.67.